The highest BCUT2D eigenvalue weighted by atomic mass is 32.1. The van der Waals surface area contributed by atoms with Crippen LogP contribution in [-0.2, 0) is 12.0 Å². The third-order valence-corrected chi connectivity index (χ3v) is 8.06. The number of hydrogen-bond acceptors (Lipinski definition) is 5. The molecule has 30 heavy (non-hydrogen) atoms. The minimum atomic E-state index is -0.830. The van der Waals surface area contributed by atoms with Gasteiger partial charge in [0.05, 0.1) is 12.3 Å². The number of aromatic nitrogens is 1. The molecule has 1 aromatic carbocycles. The first kappa shape index (κ1) is 21.7. The van der Waals surface area contributed by atoms with Crippen molar-refractivity contribution in [1.82, 2.24) is 9.88 Å². The highest BCUT2D eigenvalue weighted by Crippen LogP contribution is 2.38. The van der Waals surface area contributed by atoms with E-state index in [4.69, 9.17) is 9.72 Å². The molecule has 1 N–H and O–H groups in total. The van der Waals surface area contributed by atoms with E-state index in [2.05, 4.69) is 4.90 Å². The summed E-state index contributed by atoms with van der Waals surface area (Å²) in [5.41, 5.74) is 0.123. The molecule has 1 aliphatic heterocycles. The first-order valence-electron chi connectivity index (χ1n) is 11.4. The molecule has 1 saturated heterocycles. The van der Waals surface area contributed by atoms with Crippen LogP contribution in [0.5, 0.6) is 5.75 Å². The maximum Gasteiger partial charge on any atom is 0.165 e. The summed E-state index contributed by atoms with van der Waals surface area (Å²) in [6.45, 7) is 4.43. The van der Waals surface area contributed by atoms with E-state index in [0.717, 1.165) is 47.9 Å². The molecule has 1 atom stereocenters. The number of hydrogen-bond donors (Lipinski definition) is 1. The summed E-state index contributed by atoms with van der Waals surface area (Å²) in [4.78, 5) is 8.47. The highest BCUT2D eigenvalue weighted by molar-refractivity contribution is 7.11. The lowest BCUT2D eigenvalue weighted by Gasteiger charge is -2.33. The SMILES string of the molecule is Cc1nc([C@@]2(O)CCCN(C3CCCCC3)CC2)sc1CCOc1ccccc1F. The molecular formula is C24H33FN2O2S. The number of likely N-dealkylation sites (tertiary alicyclic amines) is 1. The molecule has 4 rings (SSSR count). The van der Waals surface area contributed by atoms with E-state index in [-0.39, 0.29) is 11.6 Å². The Morgan fingerprint density at radius 1 is 1.17 bits per heavy atom. The third-order valence-electron chi connectivity index (χ3n) is 6.65. The topological polar surface area (TPSA) is 45.6 Å². The van der Waals surface area contributed by atoms with Crippen molar-refractivity contribution in [3.05, 3.63) is 45.7 Å². The Morgan fingerprint density at radius 2 is 1.97 bits per heavy atom. The second-order valence-corrected chi connectivity index (χ2v) is 9.85. The van der Waals surface area contributed by atoms with Crippen LogP contribution in [0, 0.1) is 12.7 Å². The summed E-state index contributed by atoms with van der Waals surface area (Å²) < 4.78 is 19.3. The van der Waals surface area contributed by atoms with Crippen LogP contribution in [0.3, 0.4) is 0 Å². The Morgan fingerprint density at radius 3 is 2.77 bits per heavy atom. The maximum absolute atomic E-state index is 13.7. The van der Waals surface area contributed by atoms with Crippen LogP contribution in [0.4, 0.5) is 4.39 Å². The van der Waals surface area contributed by atoms with E-state index in [1.54, 1.807) is 29.5 Å². The van der Waals surface area contributed by atoms with E-state index in [1.807, 2.05) is 6.92 Å². The fraction of sp³-hybridized carbons (Fsp3) is 0.625. The fourth-order valence-corrected chi connectivity index (χ4v) is 6.03. The van der Waals surface area contributed by atoms with Crippen molar-refractivity contribution in [2.45, 2.75) is 76.4 Å². The summed E-state index contributed by atoms with van der Waals surface area (Å²) in [6, 6.07) is 7.18. The maximum atomic E-state index is 13.7. The molecular weight excluding hydrogens is 399 g/mol. The molecule has 2 aromatic rings. The minimum absolute atomic E-state index is 0.282. The molecule has 164 valence electrons. The summed E-state index contributed by atoms with van der Waals surface area (Å²) >= 11 is 1.60. The molecule has 0 radical (unpaired) electrons. The Kier molecular flexibility index (Phi) is 7.06. The average molecular weight is 433 g/mol. The van der Waals surface area contributed by atoms with Crippen molar-refractivity contribution in [1.29, 1.82) is 0 Å². The molecule has 0 spiro atoms. The van der Waals surface area contributed by atoms with Gasteiger partial charge in [-0.3, -0.25) is 0 Å². The zero-order valence-corrected chi connectivity index (χ0v) is 18.7. The zero-order chi connectivity index (χ0) is 21.0. The quantitative estimate of drug-likeness (QED) is 0.680. The van der Waals surface area contributed by atoms with Gasteiger partial charge in [0.1, 0.15) is 10.6 Å². The monoisotopic (exact) mass is 432 g/mol. The predicted octanol–water partition coefficient (Wildman–Crippen LogP) is 5.22. The molecule has 1 aromatic heterocycles. The van der Waals surface area contributed by atoms with Gasteiger partial charge in [-0.05, 0) is 57.7 Å². The summed E-state index contributed by atoms with van der Waals surface area (Å²) in [5, 5.41) is 12.3. The Balaban J connectivity index is 1.37. The number of nitrogens with zero attached hydrogens (tertiary/aromatic N) is 2. The van der Waals surface area contributed by atoms with Crippen LogP contribution in [-0.4, -0.2) is 40.7 Å². The van der Waals surface area contributed by atoms with E-state index in [9.17, 15) is 9.50 Å². The lowest BCUT2D eigenvalue weighted by atomic mass is 9.93. The van der Waals surface area contributed by atoms with Gasteiger partial charge in [-0.15, -0.1) is 11.3 Å². The first-order chi connectivity index (χ1) is 14.5. The van der Waals surface area contributed by atoms with Crippen molar-refractivity contribution in [3.8, 4) is 5.75 Å². The third kappa shape index (κ3) is 5.04. The molecule has 2 aliphatic rings. The van der Waals surface area contributed by atoms with Crippen molar-refractivity contribution < 1.29 is 14.2 Å². The van der Waals surface area contributed by atoms with Crippen LogP contribution in [0.15, 0.2) is 24.3 Å². The number of aliphatic hydroxyl groups is 1. The molecule has 2 heterocycles. The van der Waals surface area contributed by atoms with Crippen molar-refractivity contribution >= 4 is 11.3 Å². The summed E-state index contributed by atoms with van der Waals surface area (Å²) in [6.07, 6.45) is 9.87. The second-order valence-electron chi connectivity index (χ2n) is 8.77. The van der Waals surface area contributed by atoms with E-state index >= 15 is 0 Å². The van der Waals surface area contributed by atoms with Gasteiger partial charge in [-0.1, -0.05) is 31.4 Å². The number of para-hydroxylation sites is 1. The molecule has 1 saturated carbocycles. The summed E-state index contributed by atoms with van der Waals surface area (Å²) in [7, 11) is 0. The molecule has 0 amide bonds. The smallest absolute Gasteiger partial charge is 0.165 e. The summed E-state index contributed by atoms with van der Waals surface area (Å²) in [5.74, 6) is -0.0559. The second kappa shape index (κ2) is 9.75. The normalized spacial score (nSPS) is 24.0. The zero-order valence-electron chi connectivity index (χ0n) is 17.9. The lowest BCUT2D eigenvalue weighted by molar-refractivity contribution is 0.0188. The Hall–Kier alpha value is -1.50. The average Bonchev–Trinajstić information content (AvgIpc) is 3.01. The molecule has 2 fully saturated rings. The molecule has 1 aliphatic carbocycles. The van der Waals surface area contributed by atoms with Crippen LogP contribution < -0.4 is 4.74 Å². The molecule has 6 heteroatoms. The van der Waals surface area contributed by atoms with Gasteiger partial charge < -0.3 is 14.7 Å². The number of benzene rings is 1. The standard InChI is InChI=1S/C24H33FN2O2S/c1-18-22(12-17-29-21-11-6-5-10-20(21)25)30-23(26-18)24(28)13-7-15-27(16-14-24)19-8-3-2-4-9-19/h5-6,10-11,19,28H,2-4,7-9,12-17H2,1H3/t24-/m1/s1. The fourth-order valence-electron chi connectivity index (χ4n) is 4.84. The number of ether oxygens (including phenoxy) is 1. The van der Waals surface area contributed by atoms with Crippen molar-refractivity contribution in [2.75, 3.05) is 19.7 Å². The molecule has 0 bridgehead atoms. The number of aryl methyl sites for hydroxylation is 1. The van der Waals surface area contributed by atoms with E-state index in [1.165, 1.54) is 38.2 Å². The number of thiazole rings is 1. The van der Waals surface area contributed by atoms with Gasteiger partial charge >= 0.3 is 0 Å². The van der Waals surface area contributed by atoms with Gasteiger partial charge in [0, 0.05) is 23.9 Å². The molecule has 0 unspecified atom stereocenters. The largest absolute Gasteiger partial charge is 0.490 e. The lowest BCUT2D eigenvalue weighted by Crippen LogP contribution is -2.38. The van der Waals surface area contributed by atoms with Gasteiger partial charge in [0.2, 0.25) is 0 Å². The van der Waals surface area contributed by atoms with Crippen molar-refractivity contribution in [2.24, 2.45) is 0 Å². The van der Waals surface area contributed by atoms with Crippen LogP contribution in [0.1, 0.15) is 66.9 Å². The van der Waals surface area contributed by atoms with Crippen LogP contribution in [0.25, 0.3) is 0 Å². The Bertz CT molecular complexity index is 836. The highest BCUT2D eigenvalue weighted by Gasteiger charge is 2.36. The van der Waals surface area contributed by atoms with Crippen LogP contribution in [0.2, 0.25) is 0 Å². The van der Waals surface area contributed by atoms with Gasteiger partial charge in [0.15, 0.2) is 11.6 Å². The van der Waals surface area contributed by atoms with Gasteiger partial charge in [-0.2, -0.15) is 0 Å². The number of halogens is 1. The first-order valence-corrected chi connectivity index (χ1v) is 12.2. The molecule has 4 nitrogen and oxygen atoms in total. The van der Waals surface area contributed by atoms with E-state index < -0.39 is 5.60 Å². The van der Waals surface area contributed by atoms with Gasteiger partial charge in [-0.25, -0.2) is 9.37 Å². The minimum Gasteiger partial charge on any atom is -0.490 e. The Labute approximate surface area is 183 Å². The number of rotatable bonds is 6. The van der Waals surface area contributed by atoms with Crippen molar-refractivity contribution in [3.63, 3.8) is 0 Å². The predicted molar refractivity (Wildman–Crippen MR) is 119 cm³/mol. The van der Waals surface area contributed by atoms with E-state index in [0.29, 0.717) is 19.1 Å². The van der Waals surface area contributed by atoms with Gasteiger partial charge in [0.25, 0.3) is 0 Å². The van der Waals surface area contributed by atoms with Crippen LogP contribution >= 0.6 is 11.3 Å².